The molecular weight excluding hydrogens is 366 g/mol. The molecule has 0 aliphatic carbocycles. The number of hydrogen-bond acceptors (Lipinski definition) is 5. The van der Waals surface area contributed by atoms with Crippen molar-refractivity contribution in [1.82, 2.24) is 4.31 Å². The summed E-state index contributed by atoms with van der Waals surface area (Å²) >= 11 is 4.68. The van der Waals surface area contributed by atoms with Crippen molar-refractivity contribution in [3.05, 3.63) is 14.7 Å². The lowest BCUT2D eigenvalue weighted by Gasteiger charge is -2.33. The average molecular weight is 382 g/mol. The first-order valence-electron chi connectivity index (χ1n) is 6.13. The highest BCUT2D eigenvalue weighted by Gasteiger charge is 2.37. The molecule has 1 aliphatic heterocycles. The van der Waals surface area contributed by atoms with Crippen molar-refractivity contribution in [1.29, 1.82) is 0 Å². The van der Waals surface area contributed by atoms with Crippen LogP contribution in [0.5, 0.6) is 0 Å². The van der Waals surface area contributed by atoms with Crippen LogP contribution in [0.2, 0.25) is 0 Å². The Kier molecular flexibility index (Phi) is 4.73. The van der Waals surface area contributed by atoms with Crippen molar-refractivity contribution in [3.8, 4) is 0 Å². The van der Waals surface area contributed by atoms with Crippen molar-refractivity contribution in [2.45, 2.75) is 37.1 Å². The molecule has 1 aliphatic rings. The predicted molar refractivity (Wildman–Crippen MR) is 81.7 cm³/mol. The Morgan fingerprint density at radius 1 is 1.60 bits per heavy atom. The predicted octanol–water partition coefficient (Wildman–Crippen LogP) is 2.11. The van der Waals surface area contributed by atoms with Crippen molar-refractivity contribution in [2.75, 3.05) is 6.54 Å². The first-order chi connectivity index (χ1) is 9.37. The Labute approximate surface area is 130 Å². The number of nitrogens with zero attached hydrogens (tertiary/aromatic N) is 2. The second kappa shape index (κ2) is 6.00. The SMILES string of the molecule is Cc1sc(Br)cc1S(=O)(=O)N1CCCCC1C(N)=NO. The fourth-order valence-electron chi connectivity index (χ4n) is 2.37. The zero-order valence-corrected chi connectivity index (χ0v) is 14.1. The molecule has 0 bridgehead atoms. The van der Waals surface area contributed by atoms with Crippen LogP contribution in [-0.4, -0.2) is 36.4 Å². The molecule has 112 valence electrons. The molecule has 0 aromatic carbocycles. The van der Waals surface area contributed by atoms with Gasteiger partial charge in [-0.15, -0.1) is 11.3 Å². The maximum absolute atomic E-state index is 12.8. The molecule has 3 N–H and O–H groups in total. The molecule has 1 aromatic heterocycles. The van der Waals surface area contributed by atoms with Crippen molar-refractivity contribution < 1.29 is 13.6 Å². The van der Waals surface area contributed by atoms with Crippen molar-refractivity contribution in [2.24, 2.45) is 10.9 Å². The van der Waals surface area contributed by atoms with Gasteiger partial charge in [-0.3, -0.25) is 0 Å². The molecule has 0 amide bonds. The van der Waals surface area contributed by atoms with Crippen LogP contribution in [0.3, 0.4) is 0 Å². The van der Waals surface area contributed by atoms with E-state index < -0.39 is 16.1 Å². The maximum atomic E-state index is 12.8. The highest BCUT2D eigenvalue weighted by Crippen LogP contribution is 2.33. The van der Waals surface area contributed by atoms with E-state index in [4.69, 9.17) is 10.9 Å². The number of thiophene rings is 1. The summed E-state index contributed by atoms with van der Waals surface area (Å²) in [6.45, 7) is 2.15. The average Bonchev–Trinajstić information content (AvgIpc) is 2.77. The number of aryl methyl sites for hydroxylation is 1. The molecular formula is C11H16BrN3O3S2. The van der Waals surface area contributed by atoms with E-state index >= 15 is 0 Å². The van der Waals surface area contributed by atoms with E-state index in [2.05, 4.69) is 21.1 Å². The number of piperidine rings is 1. The van der Waals surface area contributed by atoms with E-state index in [1.165, 1.54) is 15.6 Å². The van der Waals surface area contributed by atoms with Crippen LogP contribution in [0.1, 0.15) is 24.1 Å². The van der Waals surface area contributed by atoms with E-state index in [0.717, 1.165) is 21.5 Å². The van der Waals surface area contributed by atoms with Crippen LogP contribution in [0.25, 0.3) is 0 Å². The summed E-state index contributed by atoms with van der Waals surface area (Å²) in [7, 11) is -3.63. The van der Waals surface area contributed by atoms with Gasteiger partial charge < -0.3 is 10.9 Å². The topological polar surface area (TPSA) is 96.0 Å². The molecule has 6 nitrogen and oxygen atoms in total. The van der Waals surface area contributed by atoms with Gasteiger partial charge in [0.25, 0.3) is 0 Å². The van der Waals surface area contributed by atoms with Crippen molar-refractivity contribution in [3.63, 3.8) is 0 Å². The van der Waals surface area contributed by atoms with Crippen LogP contribution in [0.4, 0.5) is 0 Å². The van der Waals surface area contributed by atoms with E-state index in [1.54, 1.807) is 13.0 Å². The lowest BCUT2D eigenvalue weighted by atomic mass is 10.0. The van der Waals surface area contributed by atoms with Crippen LogP contribution in [0, 0.1) is 6.92 Å². The van der Waals surface area contributed by atoms with Gasteiger partial charge in [-0.25, -0.2) is 8.42 Å². The number of rotatable bonds is 3. The number of amidine groups is 1. The fraction of sp³-hybridized carbons (Fsp3) is 0.545. The standard InChI is InChI=1S/C11H16BrN3O3S2/c1-7-9(6-10(12)19-7)20(17,18)15-5-3-2-4-8(15)11(13)14-16/h6,8,16H,2-5H2,1H3,(H2,13,14). The summed E-state index contributed by atoms with van der Waals surface area (Å²) in [4.78, 5) is 1.01. The van der Waals surface area contributed by atoms with Crippen LogP contribution >= 0.6 is 27.3 Å². The summed E-state index contributed by atoms with van der Waals surface area (Å²) in [5.41, 5.74) is 5.64. The molecule has 1 aromatic rings. The number of nitrogens with two attached hydrogens (primary N) is 1. The molecule has 20 heavy (non-hydrogen) atoms. The molecule has 0 spiro atoms. The molecule has 2 heterocycles. The fourth-order valence-corrected chi connectivity index (χ4v) is 6.42. The normalized spacial score (nSPS) is 22.1. The number of halogens is 1. The van der Waals surface area contributed by atoms with Gasteiger partial charge in [-0.2, -0.15) is 4.31 Å². The molecule has 0 radical (unpaired) electrons. The summed E-state index contributed by atoms with van der Waals surface area (Å²) in [6.07, 6.45) is 2.21. The number of hydrogen-bond donors (Lipinski definition) is 2. The van der Waals surface area contributed by atoms with Gasteiger partial charge in [0.1, 0.15) is 0 Å². The molecule has 0 saturated carbocycles. The Bertz CT molecular complexity index is 627. The third-order valence-electron chi connectivity index (χ3n) is 3.34. The van der Waals surface area contributed by atoms with Gasteiger partial charge in [-0.1, -0.05) is 11.6 Å². The quantitative estimate of drug-likeness (QED) is 0.362. The molecule has 1 fully saturated rings. The Morgan fingerprint density at radius 3 is 2.85 bits per heavy atom. The molecule has 9 heteroatoms. The van der Waals surface area contributed by atoms with Gasteiger partial charge >= 0.3 is 0 Å². The summed E-state index contributed by atoms with van der Waals surface area (Å²) in [5, 5.41) is 11.8. The highest BCUT2D eigenvalue weighted by atomic mass is 79.9. The molecule has 1 atom stereocenters. The second-order valence-electron chi connectivity index (χ2n) is 4.62. The van der Waals surface area contributed by atoms with Gasteiger partial charge in [0.05, 0.1) is 14.7 Å². The lowest BCUT2D eigenvalue weighted by Crippen LogP contribution is -2.50. The third-order valence-corrected chi connectivity index (χ3v) is 7.06. The van der Waals surface area contributed by atoms with E-state index in [0.29, 0.717) is 13.0 Å². The minimum absolute atomic E-state index is 0.0553. The monoisotopic (exact) mass is 381 g/mol. The van der Waals surface area contributed by atoms with Crippen molar-refractivity contribution >= 4 is 43.1 Å². The summed E-state index contributed by atoms with van der Waals surface area (Å²) < 4.78 is 27.7. The minimum Gasteiger partial charge on any atom is -0.409 e. The van der Waals surface area contributed by atoms with Crippen LogP contribution < -0.4 is 5.73 Å². The van der Waals surface area contributed by atoms with Gasteiger partial charge in [0.15, 0.2) is 5.84 Å². The second-order valence-corrected chi connectivity index (χ2v) is 9.12. The van der Waals surface area contributed by atoms with E-state index in [9.17, 15) is 8.42 Å². The largest absolute Gasteiger partial charge is 0.409 e. The van der Waals surface area contributed by atoms with Crippen LogP contribution in [0.15, 0.2) is 19.9 Å². The third kappa shape index (κ3) is 2.85. The minimum atomic E-state index is -3.63. The number of oxime groups is 1. The lowest BCUT2D eigenvalue weighted by molar-refractivity contribution is 0.281. The van der Waals surface area contributed by atoms with Gasteiger partial charge in [0, 0.05) is 11.4 Å². The molecule has 1 unspecified atom stereocenters. The van der Waals surface area contributed by atoms with Crippen LogP contribution in [-0.2, 0) is 10.0 Å². The zero-order valence-electron chi connectivity index (χ0n) is 10.9. The van der Waals surface area contributed by atoms with E-state index in [1.807, 2.05) is 0 Å². The first kappa shape index (κ1) is 15.7. The molecule has 2 rings (SSSR count). The van der Waals surface area contributed by atoms with Gasteiger partial charge in [-0.05, 0) is 41.8 Å². The highest BCUT2D eigenvalue weighted by molar-refractivity contribution is 9.11. The summed E-state index contributed by atoms with van der Waals surface area (Å²) in [6, 6.07) is 1.03. The Balaban J connectivity index is 2.43. The summed E-state index contributed by atoms with van der Waals surface area (Å²) in [5.74, 6) is -0.0553. The zero-order chi connectivity index (χ0) is 14.9. The Hall–Kier alpha value is -0.640. The smallest absolute Gasteiger partial charge is 0.244 e. The first-order valence-corrected chi connectivity index (χ1v) is 9.18. The molecule has 1 saturated heterocycles. The number of sulfonamides is 1. The Morgan fingerprint density at radius 2 is 2.30 bits per heavy atom. The van der Waals surface area contributed by atoms with E-state index in [-0.39, 0.29) is 10.7 Å². The maximum Gasteiger partial charge on any atom is 0.244 e. The van der Waals surface area contributed by atoms with Gasteiger partial charge in [0.2, 0.25) is 10.0 Å².